The lowest BCUT2D eigenvalue weighted by atomic mass is 9.98. The van der Waals surface area contributed by atoms with Crippen LogP contribution in [0.2, 0.25) is 0 Å². The molecule has 458 valence electrons. The first-order valence-corrected chi connectivity index (χ1v) is 33.0. The predicted molar refractivity (Wildman–Crippen MR) is 325 cm³/mol. The van der Waals surface area contributed by atoms with Crippen LogP contribution >= 0.6 is 0 Å². The number of ether oxygens (including phenoxy) is 2. The molecule has 11 heteroatoms. The zero-order chi connectivity index (χ0) is 56.8. The molecule has 1 rings (SSSR count). The highest BCUT2D eigenvalue weighted by atomic mass is 16.7. The lowest BCUT2D eigenvalue weighted by Crippen LogP contribution is -2.60. The normalized spacial score (nSPS) is 19.7. The van der Waals surface area contributed by atoms with Gasteiger partial charge in [0.25, 0.3) is 0 Å². The molecule has 11 nitrogen and oxygen atoms in total. The van der Waals surface area contributed by atoms with E-state index in [1.54, 1.807) is 0 Å². The van der Waals surface area contributed by atoms with E-state index in [2.05, 4.69) is 67.8 Å². The van der Waals surface area contributed by atoms with Gasteiger partial charge in [-0.15, -0.1) is 0 Å². The van der Waals surface area contributed by atoms with E-state index in [1.165, 1.54) is 199 Å². The Morgan fingerprint density at radius 3 is 1.14 bits per heavy atom. The second-order valence-corrected chi connectivity index (χ2v) is 23.2. The predicted octanol–water partition coefficient (Wildman–Crippen LogP) is 15.2. The van der Waals surface area contributed by atoms with Gasteiger partial charge < -0.3 is 50.5 Å². The standard InChI is InChI=1S/C67H125NO10/c1-3-5-7-9-11-13-15-17-19-21-23-25-27-28-29-30-31-33-34-36-38-40-42-44-46-48-50-52-54-59(70)62(72)58(57-77-67-65(75)64(74)63(73)61(56-69)78-67)68-66(76)60(71)55-53-51-49-47-45-43-41-39-37-35-32-26-24-22-20-18-16-14-12-10-8-6-4-2/h31,33,35,37-38,40,46,48,58-65,67,69-75H,3-30,32,34,36,39,41-45,47,49-57H2,1-2H3,(H,68,76)/b33-31+,37-35-,40-38+,48-46+. The number of aliphatic hydroxyl groups is 7. The Kier molecular flexibility index (Phi) is 52.8. The Balaban J connectivity index is 2.29. The number of unbranched alkanes of at least 4 members (excludes halogenated alkanes) is 37. The number of rotatable bonds is 57. The van der Waals surface area contributed by atoms with Gasteiger partial charge in [-0.1, -0.05) is 262 Å². The SMILES string of the molecule is CCCCCCCCCCCCCC/C=C\CCCCCCCCCC(O)C(=O)NC(COC1OC(CO)C(O)C(O)C1O)C(O)C(O)CCC/C=C/CC/C=C/CC/C=C/CCCCCCCCCCCCCCCCC. The molecular formula is C67H125NO10. The largest absolute Gasteiger partial charge is 0.394 e. The highest BCUT2D eigenvalue weighted by Crippen LogP contribution is 2.23. The molecule has 0 aliphatic carbocycles. The monoisotopic (exact) mass is 1100 g/mol. The van der Waals surface area contributed by atoms with E-state index in [1.807, 2.05) is 0 Å². The van der Waals surface area contributed by atoms with Crippen molar-refractivity contribution >= 4 is 5.91 Å². The summed E-state index contributed by atoms with van der Waals surface area (Å²) in [5, 5.41) is 76.3. The van der Waals surface area contributed by atoms with Gasteiger partial charge in [-0.05, 0) is 89.9 Å². The first-order chi connectivity index (χ1) is 38.2. The second kappa shape index (κ2) is 55.6. The van der Waals surface area contributed by atoms with E-state index in [4.69, 9.17) is 9.47 Å². The van der Waals surface area contributed by atoms with Gasteiger partial charge in [-0.3, -0.25) is 4.79 Å². The maximum Gasteiger partial charge on any atom is 0.249 e. The van der Waals surface area contributed by atoms with Crippen molar-refractivity contribution in [1.82, 2.24) is 5.32 Å². The van der Waals surface area contributed by atoms with E-state index in [0.29, 0.717) is 19.3 Å². The Morgan fingerprint density at radius 2 is 0.769 bits per heavy atom. The molecule has 0 radical (unpaired) electrons. The van der Waals surface area contributed by atoms with Crippen molar-refractivity contribution in [3.8, 4) is 0 Å². The van der Waals surface area contributed by atoms with Crippen LogP contribution in [0.5, 0.6) is 0 Å². The quantitative estimate of drug-likeness (QED) is 0.0215. The third-order valence-corrected chi connectivity index (χ3v) is 15.8. The fourth-order valence-electron chi connectivity index (χ4n) is 10.5. The fourth-order valence-corrected chi connectivity index (χ4v) is 10.5. The number of hydrogen-bond acceptors (Lipinski definition) is 10. The summed E-state index contributed by atoms with van der Waals surface area (Å²) in [4.78, 5) is 13.2. The summed E-state index contributed by atoms with van der Waals surface area (Å²) in [5.74, 6) is -0.713. The summed E-state index contributed by atoms with van der Waals surface area (Å²) < 4.78 is 11.2. The van der Waals surface area contributed by atoms with Crippen molar-refractivity contribution in [2.75, 3.05) is 13.2 Å². The molecule has 1 saturated heterocycles. The van der Waals surface area contributed by atoms with Crippen LogP contribution in [-0.2, 0) is 14.3 Å². The number of allylic oxidation sites excluding steroid dienone is 8. The van der Waals surface area contributed by atoms with E-state index >= 15 is 0 Å². The Bertz CT molecular complexity index is 1410. The van der Waals surface area contributed by atoms with Crippen LogP contribution in [-0.4, -0.2) is 110 Å². The average Bonchev–Trinajstić information content (AvgIpc) is 3.46. The summed E-state index contributed by atoms with van der Waals surface area (Å²) in [6.45, 7) is 3.47. The molecule has 78 heavy (non-hydrogen) atoms. The molecular weight excluding hydrogens is 979 g/mol. The van der Waals surface area contributed by atoms with Gasteiger partial charge in [0.05, 0.1) is 25.4 Å². The molecule has 1 aliphatic rings. The van der Waals surface area contributed by atoms with Crippen molar-refractivity contribution in [2.45, 2.75) is 358 Å². The van der Waals surface area contributed by atoms with Crippen molar-refractivity contribution in [2.24, 2.45) is 0 Å². The van der Waals surface area contributed by atoms with E-state index in [0.717, 1.165) is 57.8 Å². The van der Waals surface area contributed by atoms with Gasteiger partial charge in [0, 0.05) is 0 Å². The van der Waals surface area contributed by atoms with Crippen molar-refractivity contribution in [1.29, 1.82) is 0 Å². The highest BCUT2D eigenvalue weighted by molar-refractivity contribution is 5.80. The maximum absolute atomic E-state index is 13.2. The average molecular weight is 1100 g/mol. The molecule has 0 aromatic heterocycles. The number of hydrogen-bond donors (Lipinski definition) is 8. The van der Waals surface area contributed by atoms with Gasteiger partial charge >= 0.3 is 0 Å². The van der Waals surface area contributed by atoms with E-state index < -0.39 is 74.2 Å². The van der Waals surface area contributed by atoms with Crippen LogP contribution in [0.4, 0.5) is 0 Å². The molecule has 1 amide bonds. The second-order valence-electron chi connectivity index (χ2n) is 23.2. The summed E-state index contributed by atoms with van der Waals surface area (Å²) in [6, 6.07) is -1.20. The van der Waals surface area contributed by atoms with Crippen LogP contribution in [0.25, 0.3) is 0 Å². The minimum atomic E-state index is -1.68. The molecule has 0 bridgehead atoms. The third kappa shape index (κ3) is 42.8. The van der Waals surface area contributed by atoms with Gasteiger partial charge in [-0.2, -0.15) is 0 Å². The minimum absolute atomic E-state index is 0.240. The van der Waals surface area contributed by atoms with E-state index in [9.17, 15) is 40.5 Å². The zero-order valence-electron chi connectivity index (χ0n) is 50.4. The van der Waals surface area contributed by atoms with Gasteiger partial charge in [0.1, 0.15) is 36.6 Å². The third-order valence-electron chi connectivity index (χ3n) is 15.8. The summed E-state index contributed by atoms with van der Waals surface area (Å²) >= 11 is 0. The van der Waals surface area contributed by atoms with Gasteiger partial charge in [0.2, 0.25) is 5.91 Å². The van der Waals surface area contributed by atoms with E-state index in [-0.39, 0.29) is 12.8 Å². The minimum Gasteiger partial charge on any atom is -0.394 e. The number of carbonyl (C=O) groups excluding carboxylic acids is 1. The highest BCUT2D eigenvalue weighted by Gasteiger charge is 2.44. The topological polar surface area (TPSA) is 189 Å². The molecule has 0 spiro atoms. The van der Waals surface area contributed by atoms with Crippen LogP contribution in [0.3, 0.4) is 0 Å². The summed E-state index contributed by atoms with van der Waals surface area (Å²) in [6.07, 6.45) is 60.4. The molecule has 0 aromatic rings. The van der Waals surface area contributed by atoms with Crippen LogP contribution in [0.15, 0.2) is 48.6 Å². The summed E-state index contributed by atoms with van der Waals surface area (Å²) in [5.41, 5.74) is 0. The number of amides is 1. The van der Waals surface area contributed by atoms with Crippen LogP contribution in [0.1, 0.15) is 303 Å². The fraction of sp³-hybridized carbons (Fsp3) is 0.866. The van der Waals surface area contributed by atoms with Crippen molar-refractivity contribution in [3.63, 3.8) is 0 Å². The molecule has 0 saturated carbocycles. The Labute approximate surface area is 479 Å². The Hall–Kier alpha value is -1.93. The lowest BCUT2D eigenvalue weighted by Gasteiger charge is -2.40. The maximum atomic E-state index is 13.2. The number of carbonyl (C=O) groups is 1. The smallest absolute Gasteiger partial charge is 0.249 e. The molecule has 9 unspecified atom stereocenters. The molecule has 1 fully saturated rings. The first kappa shape index (κ1) is 74.1. The molecule has 0 aromatic carbocycles. The lowest BCUT2D eigenvalue weighted by molar-refractivity contribution is -0.303. The Morgan fingerprint density at radius 1 is 0.436 bits per heavy atom. The summed E-state index contributed by atoms with van der Waals surface area (Å²) in [7, 11) is 0. The first-order valence-electron chi connectivity index (χ1n) is 33.0. The molecule has 1 heterocycles. The number of aliphatic hydroxyl groups excluding tert-OH is 7. The van der Waals surface area contributed by atoms with Crippen molar-refractivity contribution < 1.29 is 50.0 Å². The van der Waals surface area contributed by atoms with Gasteiger partial charge in [-0.25, -0.2) is 0 Å². The number of nitrogens with one attached hydrogen (secondary N) is 1. The van der Waals surface area contributed by atoms with Gasteiger partial charge in [0.15, 0.2) is 6.29 Å². The zero-order valence-corrected chi connectivity index (χ0v) is 50.4. The van der Waals surface area contributed by atoms with Crippen molar-refractivity contribution in [3.05, 3.63) is 48.6 Å². The molecule has 1 aliphatic heterocycles. The molecule has 8 N–H and O–H groups in total. The van der Waals surface area contributed by atoms with Crippen LogP contribution < -0.4 is 5.32 Å². The molecule has 9 atom stereocenters. The van der Waals surface area contributed by atoms with Crippen LogP contribution in [0, 0.1) is 0 Å².